The number of benzene rings is 1. The van der Waals surface area contributed by atoms with Crippen LogP contribution < -0.4 is 5.56 Å². The van der Waals surface area contributed by atoms with Crippen LogP contribution in [0.5, 0.6) is 0 Å². The zero-order chi connectivity index (χ0) is 23.3. The highest BCUT2D eigenvalue weighted by molar-refractivity contribution is 7.99. The van der Waals surface area contributed by atoms with Crippen molar-refractivity contribution in [3.63, 3.8) is 0 Å². The number of hydrogen-bond donors (Lipinski definition) is 0. The number of hydrogen-bond acceptors (Lipinski definition) is 5. The highest BCUT2D eigenvalue weighted by Crippen LogP contribution is 2.24. The van der Waals surface area contributed by atoms with Gasteiger partial charge in [0.25, 0.3) is 5.56 Å². The molecule has 6 nitrogen and oxygen atoms in total. The van der Waals surface area contributed by atoms with Gasteiger partial charge < -0.3 is 4.90 Å². The Balaban J connectivity index is 1.86. The van der Waals surface area contributed by atoms with Crippen LogP contribution in [0.15, 0.2) is 46.0 Å². The van der Waals surface area contributed by atoms with E-state index in [9.17, 15) is 9.59 Å². The molecule has 1 aromatic carbocycles. The van der Waals surface area contributed by atoms with Gasteiger partial charge in [-0.05, 0) is 66.0 Å². The van der Waals surface area contributed by atoms with E-state index in [4.69, 9.17) is 4.98 Å². The van der Waals surface area contributed by atoms with Crippen molar-refractivity contribution in [2.24, 2.45) is 0 Å². The molecule has 1 aliphatic carbocycles. The Morgan fingerprint density at radius 2 is 1.91 bits per heavy atom. The van der Waals surface area contributed by atoms with Crippen molar-refractivity contribution in [3.05, 3.63) is 46.4 Å². The molecule has 0 spiro atoms. The Kier molecular flexibility index (Phi) is 8.54. The van der Waals surface area contributed by atoms with Gasteiger partial charge in [0.15, 0.2) is 5.16 Å². The highest BCUT2D eigenvalue weighted by Gasteiger charge is 2.21. The summed E-state index contributed by atoms with van der Waals surface area (Å²) in [6, 6.07) is 8.22. The van der Waals surface area contributed by atoms with Crippen molar-refractivity contribution in [2.75, 3.05) is 18.8 Å². The molecule has 0 fully saturated rings. The molecule has 1 heterocycles. The largest absolute Gasteiger partial charge is 0.316 e. The van der Waals surface area contributed by atoms with E-state index in [1.54, 1.807) is 4.57 Å². The summed E-state index contributed by atoms with van der Waals surface area (Å²) in [5.41, 5.74) is 1.77. The monoisotopic (exact) mass is 456 g/mol. The standard InChI is InChI=1S/C25H36N4O2S/c1-6-27(20-11-7-8-12-20)23(30)17-32-25-26-22-14-10-9-13-21(22)24(31)29(25)16-15-28(18(2)3)19(4)5/h9-11,13-14,18-19H,6-8,12,15-17H2,1-5H3. The van der Waals surface area contributed by atoms with E-state index in [-0.39, 0.29) is 17.2 Å². The van der Waals surface area contributed by atoms with Gasteiger partial charge in [-0.3, -0.25) is 19.1 Å². The number of thioether (sulfide) groups is 1. The number of carbonyl (C=O) groups is 1. The van der Waals surface area contributed by atoms with Crippen LogP contribution in [0, 0.1) is 0 Å². The van der Waals surface area contributed by atoms with Crippen LogP contribution in [0.3, 0.4) is 0 Å². The first-order valence-corrected chi connectivity index (χ1v) is 12.7. The van der Waals surface area contributed by atoms with E-state index in [1.807, 2.05) is 36.1 Å². The number of nitrogens with zero attached hydrogens (tertiary/aromatic N) is 4. The Hall–Kier alpha value is -2.12. The van der Waals surface area contributed by atoms with Crippen LogP contribution in [-0.4, -0.2) is 56.2 Å². The average Bonchev–Trinajstić information content (AvgIpc) is 3.28. The Labute approximate surface area is 195 Å². The first-order chi connectivity index (χ1) is 15.3. The molecule has 174 valence electrons. The second-order valence-corrected chi connectivity index (χ2v) is 9.75. The van der Waals surface area contributed by atoms with Gasteiger partial charge in [-0.2, -0.15) is 0 Å². The second kappa shape index (κ2) is 11.1. The lowest BCUT2D eigenvalue weighted by Gasteiger charge is -2.31. The van der Waals surface area contributed by atoms with E-state index in [2.05, 4.69) is 38.7 Å². The molecule has 1 aliphatic rings. The molecular weight excluding hydrogens is 420 g/mol. The van der Waals surface area contributed by atoms with Crippen molar-refractivity contribution in [2.45, 2.75) is 77.7 Å². The molecule has 32 heavy (non-hydrogen) atoms. The molecule has 0 saturated carbocycles. The molecule has 7 heteroatoms. The molecule has 1 aromatic heterocycles. The lowest BCUT2D eigenvalue weighted by Crippen LogP contribution is -2.40. The zero-order valence-electron chi connectivity index (χ0n) is 20.0. The average molecular weight is 457 g/mol. The number of fused-ring (bicyclic) bond motifs is 1. The zero-order valence-corrected chi connectivity index (χ0v) is 20.8. The molecule has 0 N–H and O–H groups in total. The maximum Gasteiger partial charge on any atom is 0.262 e. The number of allylic oxidation sites excluding steroid dienone is 2. The fourth-order valence-corrected chi connectivity index (χ4v) is 5.33. The Bertz CT molecular complexity index is 1020. The van der Waals surface area contributed by atoms with Gasteiger partial charge in [-0.15, -0.1) is 0 Å². The van der Waals surface area contributed by atoms with Crippen molar-refractivity contribution < 1.29 is 4.79 Å². The van der Waals surface area contributed by atoms with Gasteiger partial charge in [0.05, 0.1) is 16.7 Å². The summed E-state index contributed by atoms with van der Waals surface area (Å²) in [7, 11) is 0. The maximum atomic E-state index is 13.3. The van der Waals surface area contributed by atoms with Gasteiger partial charge in [0, 0.05) is 37.4 Å². The minimum absolute atomic E-state index is 0.0381. The van der Waals surface area contributed by atoms with Crippen molar-refractivity contribution in [1.29, 1.82) is 0 Å². The normalized spacial score (nSPS) is 14.1. The van der Waals surface area contributed by atoms with Crippen LogP contribution >= 0.6 is 11.8 Å². The van der Waals surface area contributed by atoms with Crippen molar-refractivity contribution >= 4 is 28.6 Å². The third-order valence-corrected chi connectivity index (χ3v) is 7.00. The SMILES string of the molecule is CCN(C(=O)CSc1nc2ccccc2c(=O)n1CCN(C(C)C)C(C)C)C1=CCCC1. The van der Waals surface area contributed by atoms with Gasteiger partial charge in [0.1, 0.15) is 0 Å². The smallest absolute Gasteiger partial charge is 0.262 e. The molecule has 0 bridgehead atoms. The van der Waals surface area contributed by atoms with Crippen LogP contribution in [0.4, 0.5) is 0 Å². The van der Waals surface area contributed by atoms with Crippen molar-refractivity contribution in [1.82, 2.24) is 19.4 Å². The van der Waals surface area contributed by atoms with E-state index < -0.39 is 0 Å². The lowest BCUT2D eigenvalue weighted by molar-refractivity contribution is -0.126. The molecule has 0 aliphatic heterocycles. The van der Waals surface area contributed by atoms with Crippen LogP contribution in [0.2, 0.25) is 0 Å². The first kappa shape index (κ1) is 24.5. The fourth-order valence-electron chi connectivity index (χ4n) is 4.43. The predicted molar refractivity (Wildman–Crippen MR) is 133 cm³/mol. The number of amides is 1. The van der Waals surface area contributed by atoms with Gasteiger partial charge in [-0.25, -0.2) is 4.98 Å². The molecule has 0 atom stereocenters. The first-order valence-electron chi connectivity index (χ1n) is 11.7. The number of rotatable bonds is 10. The number of aromatic nitrogens is 2. The van der Waals surface area contributed by atoms with Crippen LogP contribution in [0.25, 0.3) is 10.9 Å². The summed E-state index contributed by atoms with van der Waals surface area (Å²) in [5.74, 6) is 0.346. The number of carbonyl (C=O) groups excluding carboxylic acids is 1. The molecule has 0 saturated heterocycles. The minimum Gasteiger partial charge on any atom is -0.316 e. The Morgan fingerprint density at radius 1 is 1.19 bits per heavy atom. The van der Waals surface area contributed by atoms with Gasteiger partial charge in [-0.1, -0.05) is 30.0 Å². The van der Waals surface area contributed by atoms with E-state index >= 15 is 0 Å². The number of para-hydroxylation sites is 1. The summed E-state index contributed by atoms with van der Waals surface area (Å²) < 4.78 is 1.75. The highest BCUT2D eigenvalue weighted by atomic mass is 32.2. The summed E-state index contributed by atoms with van der Waals surface area (Å²) in [6.45, 7) is 12.7. The van der Waals surface area contributed by atoms with E-state index in [1.165, 1.54) is 11.8 Å². The molecular formula is C25H36N4O2S. The summed E-state index contributed by atoms with van der Waals surface area (Å²) >= 11 is 1.37. The van der Waals surface area contributed by atoms with Crippen molar-refractivity contribution in [3.8, 4) is 0 Å². The maximum absolute atomic E-state index is 13.3. The summed E-state index contributed by atoms with van der Waals surface area (Å²) in [5, 5.41) is 1.24. The third-order valence-electron chi connectivity index (χ3n) is 6.04. The summed E-state index contributed by atoms with van der Waals surface area (Å²) in [6.07, 6.45) is 5.28. The molecule has 3 rings (SSSR count). The lowest BCUT2D eigenvalue weighted by atomic mass is 10.2. The fraction of sp³-hybridized carbons (Fsp3) is 0.560. The summed E-state index contributed by atoms with van der Waals surface area (Å²) in [4.78, 5) is 35.3. The molecule has 2 aromatic rings. The van der Waals surface area contributed by atoms with Crippen LogP contribution in [-0.2, 0) is 11.3 Å². The van der Waals surface area contributed by atoms with Gasteiger partial charge >= 0.3 is 0 Å². The minimum atomic E-state index is -0.0381. The van der Waals surface area contributed by atoms with E-state index in [0.29, 0.717) is 41.2 Å². The second-order valence-electron chi connectivity index (χ2n) is 8.81. The topological polar surface area (TPSA) is 58.4 Å². The third kappa shape index (κ3) is 5.62. The van der Waals surface area contributed by atoms with Crippen LogP contribution in [0.1, 0.15) is 53.9 Å². The van der Waals surface area contributed by atoms with E-state index in [0.717, 1.165) is 31.5 Å². The van der Waals surface area contributed by atoms with Gasteiger partial charge in [0.2, 0.25) is 5.91 Å². The molecule has 0 unspecified atom stereocenters. The molecule has 1 amide bonds. The predicted octanol–water partition coefficient (Wildman–Crippen LogP) is 4.52. The quantitative estimate of drug-likeness (QED) is 0.388. The molecule has 0 radical (unpaired) electrons. The Morgan fingerprint density at radius 3 is 2.53 bits per heavy atom.